The molecule has 1 aliphatic heterocycles. The third-order valence-electron chi connectivity index (χ3n) is 1.13. The van der Waals surface area contributed by atoms with Gasteiger partial charge in [0.15, 0.2) is 0 Å². The molecule has 0 unspecified atom stereocenters. The van der Waals surface area contributed by atoms with Crippen LogP contribution in [-0.2, 0) is 4.74 Å². The maximum Gasteiger partial charge on any atom is 0.208 e. The predicted octanol–water partition coefficient (Wildman–Crippen LogP) is 1.73. The minimum atomic E-state index is 0.711. The van der Waals surface area contributed by atoms with Gasteiger partial charge in [0.1, 0.15) is 0 Å². The van der Waals surface area contributed by atoms with E-state index in [9.17, 15) is 0 Å². The van der Waals surface area contributed by atoms with Crippen LogP contribution >= 0.6 is 0 Å². The van der Waals surface area contributed by atoms with Gasteiger partial charge in [0.25, 0.3) is 0 Å². The Kier molecular flexibility index (Phi) is 2.31. The summed E-state index contributed by atoms with van der Waals surface area (Å²) in [6.07, 6.45) is 6.03. The van der Waals surface area contributed by atoms with Crippen LogP contribution in [0.1, 0.15) is 19.8 Å². The minimum Gasteiger partial charge on any atom is -0.478 e. The lowest BCUT2D eigenvalue weighted by Crippen LogP contribution is -1.93. The zero-order valence-electron chi connectivity index (χ0n) is 5.63. The number of allylic oxidation sites excluding steroid dienone is 1. The van der Waals surface area contributed by atoms with Gasteiger partial charge >= 0.3 is 0 Å². The van der Waals surface area contributed by atoms with Crippen molar-refractivity contribution in [1.29, 1.82) is 0 Å². The molecule has 0 atom stereocenters. The minimum absolute atomic E-state index is 0.711. The molecule has 0 saturated heterocycles. The molecular formula is C7H11NO. The monoisotopic (exact) mass is 125 g/mol. The van der Waals surface area contributed by atoms with Crippen LogP contribution in [0.15, 0.2) is 17.0 Å². The van der Waals surface area contributed by atoms with E-state index in [0.717, 1.165) is 18.7 Å². The average Bonchev–Trinajstić information content (AvgIpc) is 1.91. The lowest BCUT2D eigenvalue weighted by molar-refractivity contribution is 0.225. The first-order valence-corrected chi connectivity index (χ1v) is 3.29. The van der Waals surface area contributed by atoms with Gasteiger partial charge in [-0.05, 0) is 25.8 Å². The van der Waals surface area contributed by atoms with E-state index in [2.05, 4.69) is 4.99 Å². The van der Waals surface area contributed by atoms with Gasteiger partial charge < -0.3 is 4.74 Å². The molecule has 1 heterocycles. The van der Waals surface area contributed by atoms with Gasteiger partial charge in [-0.1, -0.05) is 0 Å². The van der Waals surface area contributed by atoms with Crippen molar-refractivity contribution in [3.63, 3.8) is 0 Å². The van der Waals surface area contributed by atoms with E-state index in [-0.39, 0.29) is 0 Å². The van der Waals surface area contributed by atoms with Crippen LogP contribution in [0.2, 0.25) is 0 Å². The normalized spacial score (nSPS) is 17.2. The first kappa shape index (κ1) is 6.33. The first-order valence-electron chi connectivity index (χ1n) is 3.29. The van der Waals surface area contributed by atoms with E-state index in [1.54, 1.807) is 0 Å². The standard InChI is InChI=1S/C7H11NO/c1-2-9-7-5-3-4-6-8-7/h5-6H,2-4H2,1H3. The molecule has 0 aliphatic carbocycles. The van der Waals surface area contributed by atoms with E-state index in [1.165, 1.54) is 0 Å². The average molecular weight is 125 g/mol. The maximum absolute atomic E-state index is 5.15. The maximum atomic E-state index is 5.15. The molecule has 9 heavy (non-hydrogen) atoms. The Morgan fingerprint density at radius 2 is 2.56 bits per heavy atom. The number of hydrogen-bond donors (Lipinski definition) is 0. The van der Waals surface area contributed by atoms with Crippen LogP contribution < -0.4 is 0 Å². The third-order valence-corrected chi connectivity index (χ3v) is 1.13. The SMILES string of the molecule is CCOC1=CCCC=N1. The fourth-order valence-corrected chi connectivity index (χ4v) is 0.733. The second-order valence-electron chi connectivity index (χ2n) is 1.86. The lowest BCUT2D eigenvalue weighted by atomic mass is 10.3. The van der Waals surface area contributed by atoms with Crippen LogP contribution in [0.5, 0.6) is 0 Å². The molecule has 0 aromatic carbocycles. The molecule has 0 aromatic heterocycles. The summed E-state index contributed by atoms with van der Waals surface area (Å²) < 4.78 is 5.15. The summed E-state index contributed by atoms with van der Waals surface area (Å²) in [6, 6.07) is 0. The molecule has 50 valence electrons. The van der Waals surface area contributed by atoms with Crippen molar-refractivity contribution >= 4 is 6.21 Å². The summed E-state index contributed by atoms with van der Waals surface area (Å²) in [7, 11) is 0. The molecule has 1 aliphatic rings. The molecule has 0 fully saturated rings. The van der Waals surface area contributed by atoms with Crippen LogP contribution in [0, 0.1) is 0 Å². The topological polar surface area (TPSA) is 21.6 Å². The quantitative estimate of drug-likeness (QED) is 0.550. The molecule has 0 radical (unpaired) electrons. The Morgan fingerprint density at radius 3 is 3.11 bits per heavy atom. The second-order valence-corrected chi connectivity index (χ2v) is 1.86. The smallest absolute Gasteiger partial charge is 0.208 e. The molecule has 1 rings (SSSR count). The number of rotatable bonds is 2. The second kappa shape index (κ2) is 3.28. The number of ether oxygens (including phenoxy) is 1. The molecule has 0 saturated carbocycles. The Labute approximate surface area is 55.2 Å². The van der Waals surface area contributed by atoms with Gasteiger partial charge in [-0.2, -0.15) is 0 Å². The molecule has 0 bridgehead atoms. The highest BCUT2D eigenvalue weighted by atomic mass is 16.5. The third kappa shape index (κ3) is 1.88. The van der Waals surface area contributed by atoms with Gasteiger partial charge in [0.05, 0.1) is 6.61 Å². The zero-order valence-corrected chi connectivity index (χ0v) is 5.63. The highest BCUT2D eigenvalue weighted by molar-refractivity contribution is 5.60. The fourth-order valence-electron chi connectivity index (χ4n) is 0.733. The van der Waals surface area contributed by atoms with E-state index < -0.39 is 0 Å². The highest BCUT2D eigenvalue weighted by Crippen LogP contribution is 2.06. The van der Waals surface area contributed by atoms with Crippen molar-refractivity contribution in [2.45, 2.75) is 19.8 Å². The van der Waals surface area contributed by atoms with Crippen molar-refractivity contribution in [1.82, 2.24) is 0 Å². The number of hydrogen-bond acceptors (Lipinski definition) is 2. The van der Waals surface area contributed by atoms with Crippen LogP contribution in [0.25, 0.3) is 0 Å². The van der Waals surface area contributed by atoms with Gasteiger partial charge in [0, 0.05) is 6.21 Å². The van der Waals surface area contributed by atoms with E-state index >= 15 is 0 Å². The summed E-state index contributed by atoms with van der Waals surface area (Å²) in [5.41, 5.74) is 0. The largest absolute Gasteiger partial charge is 0.478 e. The molecule has 2 heteroatoms. The summed E-state index contributed by atoms with van der Waals surface area (Å²) in [6.45, 7) is 2.67. The Hall–Kier alpha value is -0.790. The molecule has 2 nitrogen and oxygen atoms in total. The van der Waals surface area contributed by atoms with E-state index in [4.69, 9.17) is 4.74 Å². The van der Waals surface area contributed by atoms with Crippen molar-refractivity contribution in [3.8, 4) is 0 Å². The van der Waals surface area contributed by atoms with Gasteiger partial charge in [-0.15, -0.1) is 0 Å². The number of aliphatic imine (C=N–C) groups is 1. The van der Waals surface area contributed by atoms with Gasteiger partial charge in [-0.25, -0.2) is 4.99 Å². The predicted molar refractivity (Wildman–Crippen MR) is 37.4 cm³/mol. The first-order chi connectivity index (χ1) is 4.43. The van der Waals surface area contributed by atoms with Crippen LogP contribution in [0.3, 0.4) is 0 Å². The number of nitrogens with zero attached hydrogens (tertiary/aromatic N) is 1. The van der Waals surface area contributed by atoms with E-state index in [1.807, 2.05) is 19.2 Å². The molecule has 0 spiro atoms. The summed E-state index contributed by atoms with van der Waals surface area (Å²) >= 11 is 0. The Bertz CT molecular complexity index is 138. The summed E-state index contributed by atoms with van der Waals surface area (Å²) in [5.74, 6) is 0.781. The van der Waals surface area contributed by atoms with Gasteiger partial charge in [-0.3, -0.25) is 0 Å². The summed E-state index contributed by atoms with van der Waals surface area (Å²) in [5, 5.41) is 0. The molecule has 0 amide bonds. The van der Waals surface area contributed by atoms with Crippen LogP contribution in [-0.4, -0.2) is 12.8 Å². The fraction of sp³-hybridized carbons (Fsp3) is 0.571. The lowest BCUT2D eigenvalue weighted by Gasteiger charge is -2.04. The van der Waals surface area contributed by atoms with Crippen molar-refractivity contribution in [3.05, 3.63) is 12.0 Å². The summed E-state index contributed by atoms with van der Waals surface area (Å²) in [4.78, 5) is 4.03. The van der Waals surface area contributed by atoms with Gasteiger partial charge in [0.2, 0.25) is 5.88 Å². The Morgan fingerprint density at radius 1 is 1.67 bits per heavy atom. The zero-order chi connectivity index (χ0) is 6.53. The molecular weight excluding hydrogens is 114 g/mol. The van der Waals surface area contributed by atoms with Crippen molar-refractivity contribution in [2.75, 3.05) is 6.61 Å². The Balaban J connectivity index is 2.38. The van der Waals surface area contributed by atoms with Crippen LogP contribution in [0.4, 0.5) is 0 Å². The van der Waals surface area contributed by atoms with Crippen molar-refractivity contribution in [2.24, 2.45) is 4.99 Å². The molecule has 0 N–H and O–H groups in total. The van der Waals surface area contributed by atoms with Crippen molar-refractivity contribution < 1.29 is 4.74 Å². The van der Waals surface area contributed by atoms with E-state index in [0.29, 0.717) is 6.61 Å². The highest BCUT2D eigenvalue weighted by Gasteiger charge is 1.95. The molecule has 0 aromatic rings.